The molecule has 3 aromatic rings. The average Bonchev–Trinajstić information content (AvgIpc) is 3.04. The van der Waals surface area contributed by atoms with E-state index in [1.165, 1.54) is 5.56 Å². The average molecular weight is 367 g/mol. The summed E-state index contributed by atoms with van der Waals surface area (Å²) in [6.45, 7) is 7.37. The first-order chi connectivity index (χ1) is 13.2. The normalized spacial score (nSPS) is 15.2. The lowest BCUT2D eigenvalue weighted by Gasteiger charge is -2.26. The van der Waals surface area contributed by atoms with Crippen LogP contribution in [0, 0.1) is 6.92 Å². The van der Waals surface area contributed by atoms with Crippen LogP contribution >= 0.6 is 0 Å². The summed E-state index contributed by atoms with van der Waals surface area (Å²) < 4.78 is 7.16. The van der Waals surface area contributed by atoms with E-state index >= 15 is 0 Å². The molecule has 0 aliphatic carbocycles. The fourth-order valence-electron chi connectivity index (χ4n) is 3.21. The molecule has 1 fully saturated rings. The highest BCUT2D eigenvalue weighted by Crippen LogP contribution is 2.25. The minimum absolute atomic E-state index is 0.606. The van der Waals surface area contributed by atoms with Crippen LogP contribution in [0.2, 0.25) is 0 Å². The second-order valence-electron chi connectivity index (χ2n) is 6.78. The predicted octanol–water partition coefficient (Wildman–Crippen LogP) is 2.16. The van der Waals surface area contributed by atoms with Gasteiger partial charge in [-0.15, -0.1) is 0 Å². The van der Waals surface area contributed by atoms with E-state index in [1.807, 2.05) is 19.2 Å². The summed E-state index contributed by atoms with van der Waals surface area (Å²) in [6, 6.07) is 8.23. The van der Waals surface area contributed by atoms with Gasteiger partial charge in [0, 0.05) is 38.9 Å². The van der Waals surface area contributed by atoms with Gasteiger partial charge in [-0.2, -0.15) is 15.1 Å². The molecule has 4 rings (SSSR count). The van der Waals surface area contributed by atoms with Gasteiger partial charge in [0.05, 0.1) is 24.8 Å². The molecular weight excluding hydrogens is 342 g/mol. The smallest absolute Gasteiger partial charge is 0.226 e. The summed E-state index contributed by atoms with van der Waals surface area (Å²) >= 11 is 0. The molecule has 1 saturated heterocycles. The molecular formula is C19H25N7O. The van der Waals surface area contributed by atoms with Crippen LogP contribution in [0.4, 0.5) is 17.5 Å². The quantitative estimate of drug-likeness (QED) is 0.691. The van der Waals surface area contributed by atoms with Crippen molar-refractivity contribution in [3.8, 4) is 0 Å². The summed E-state index contributed by atoms with van der Waals surface area (Å²) in [7, 11) is 1.89. The molecule has 1 aliphatic heterocycles. The topological polar surface area (TPSA) is 80.1 Å². The zero-order valence-corrected chi connectivity index (χ0v) is 15.8. The number of hydrogen-bond donors (Lipinski definition) is 2. The van der Waals surface area contributed by atoms with Gasteiger partial charge in [0.2, 0.25) is 5.95 Å². The van der Waals surface area contributed by atoms with Crippen LogP contribution in [0.15, 0.2) is 30.5 Å². The Morgan fingerprint density at radius 1 is 1.19 bits per heavy atom. The molecule has 0 spiro atoms. The number of hydrogen-bond acceptors (Lipinski definition) is 7. The highest BCUT2D eigenvalue weighted by molar-refractivity contribution is 5.89. The van der Waals surface area contributed by atoms with Gasteiger partial charge in [0.25, 0.3) is 0 Å². The van der Waals surface area contributed by atoms with E-state index in [9.17, 15) is 0 Å². The zero-order chi connectivity index (χ0) is 18.6. The monoisotopic (exact) mass is 367 g/mol. The maximum absolute atomic E-state index is 5.39. The number of morpholine rings is 1. The van der Waals surface area contributed by atoms with Crippen molar-refractivity contribution in [2.75, 3.05) is 50.0 Å². The van der Waals surface area contributed by atoms with Gasteiger partial charge in [0.1, 0.15) is 5.82 Å². The minimum atomic E-state index is 0.606. The van der Waals surface area contributed by atoms with E-state index in [0.717, 1.165) is 61.9 Å². The largest absolute Gasteiger partial charge is 0.379 e. The Labute approximate surface area is 158 Å². The molecule has 0 saturated carbocycles. The third kappa shape index (κ3) is 4.17. The van der Waals surface area contributed by atoms with Gasteiger partial charge in [0.15, 0.2) is 5.65 Å². The lowest BCUT2D eigenvalue weighted by Crippen LogP contribution is -2.39. The van der Waals surface area contributed by atoms with Crippen LogP contribution in [0.25, 0.3) is 11.0 Å². The van der Waals surface area contributed by atoms with Crippen molar-refractivity contribution < 1.29 is 4.74 Å². The predicted molar refractivity (Wildman–Crippen MR) is 107 cm³/mol. The Morgan fingerprint density at radius 2 is 2.04 bits per heavy atom. The minimum Gasteiger partial charge on any atom is -0.379 e. The van der Waals surface area contributed by atoms with Crippen LogP contribution in [0.3, 0.4) is 0 Å². The van der Waals surface area contributed by atoms with Crippen molar-refractivity contribution >= 4 is 28.5 Å². The molecule has 8 nitrogen and oxygen atoms in total. The highest BCUT2D eigenvalue weighted by Gasteiger charge is 2.13. The lowest BCUT2D eigenvalue weighted by atomic mass is 10.2. The number of fused-ring (bicyclic) bond motifs is 1. The number of aromatic nitrogens is 4. The number of nitrogens with one attached hydrogen (secondary N) is 2. The molecule has 2 N–H and O–H groups in total. The van der Waals surface area contributed by atoms with E-state index in [4.69, 9.17) is 9.72 Å². The third-order valence-electron chi connectivity index (χ3n) is 4.69. The molecule has 0 unspecified atom stereocenters. The molecule has 0 atom stereocenters. The van der Waals surface area contributed by atoms with Gasteiger partial charge in [-0.3, -0.25) is 9.58 Å². The molecule has 0 amide bonds. The first-order valence-corrected chi connectivity index (χ1v) is 9.26. The summed E-state index contributed by atoms with van der Waals surface area (Å²) in [4.78, 5) is 11.7. The summed E-state index contributed by atoms with van der Waals surface area (Å²) in [5.41, 5.74) is 2.99. The Kier molecular flexibility index (Phi) is 5.17. The standard InChI is InChI=1S/C19H25N7O/c1-14-4-3-5-15(12-14)22-17-16-13-21-25(2)18(16)24-19(23-17)20-6-7-26-8-10-27-11-9-26/h3-5,12-13H,6-11H2,1-2H3,(H2,20,22,23,24). The Hall–Kier alpha value is -2.71. The van der Waals surface area contributed by atoms with Crippen LogP contribution < -0.4 is 10.6 Å². The summed E-state index contributed by atoms with van der Waals surface area (Å²) in [6.07, 6.45) is 1.80. The summed E-state index contributed by atoms with van der Waals surface area (Å²) in [5.74, 6) is 1.36. The first kappa shape index (κ1) is 17.7. The van der Waals surface area contributed by atoms with Crippen molar-refractivity contribution in [2.24, 2.45) is 7.05 Å². The number of ether oxygens (including phenoxy) is 1. The van der Waals surface area contributed by atoms with Crippen LogP contribution in [-0.2, 0) is 11.8 Å². The SMILES string of the molecule is Cc1cccc(Nc2nc(NCCN3CCOCC3)nc3c2cnn3C)c1. The van der Waals surface area contributed by atoms with Crippen LogP contribution in [-0.4, -0.2) is 64.0 Å². The maximum Gasteiger partial charge on any atom is 0.226 e. The fraction of sp³-hybridized carbons (Fsp3) is 0.421. The Morgan fingerprint density at radius 3 is 2.85 bits per heavy atom. The fourth-order valence-corrected chi connectivity index (χ4v) is 3.21. The lowest BCUT2D eigenvalue weighted by molar-refractivity contribution is 0.0398. The summed E-state index contributed by atoms with van der Waals surface area (Å²) in [5, 5.41) is 12.0. The van der Waals surface area contributed by atoms with E-state index in [-0.39, 0.29) is 0 Å². The second kappa shape index (κ2) is 7.89. The third-order valence-corrected chi connectivity index (χ3v) is 4.69. The van der Waals surface area contributed by atoms with Crippen molar-refractivity contribution in [1.82, 2.24) is 24.6 Å². The van der Waals surface area contributed by atoms with Gasteiger partial charge in [-0.1, -0.05) is 12.1 Å². The molecule has 2 aromatic heterocycles. The molecule has 0 radical (unpaired) electrons. The highest BCUT2D eigenvalue weighted by atomic mass is 16.5. The molecule has 27 heavy (non-hydrogen) atoms. The van der Waals surface area contributed by atoms with Crippen molar-refractivity contribution in [3.05, 3.63) is 36.0 Å². The molecule has 1 aromatic carbocycles. The first-order valence-electron chi connectivity index (χ1n) is 9.26. The van der Waals surface area contributed by atoms with E-state index in [2.05, 4.69) is 44.7 Å². The van der Waals surface area contributed by atoms with Crippen molar-refractivity contribution in [2.45, 2.75) is 6.92 Å². The number of rotatable bonds is 6. The van der Waals surface area contributed by atoms with Gasteiger partial charge < -0.3 is 15.4 Å². The van der Waals surface area contributed by atoms with E-state index < -0.39 is 0 Å². The van der Waals surface area contributed by atoms with Crippen LogP contribution in [0.5, 0.6) is 0 Å². The van der Waals surface area contributed by atoms with Crippen molar-refractivity contribution in [1.29, 1.82) is 0 Å². The second-order valence-corrected chi connectivity index (χ2v) is 6.78. The Balaban J connectivity index is 1.53. The van der Waals surface area contributed by atoms with Gasteiger partial charge >= 0.3 is 0 Å². The zero-order valence-electron chi connectivity index (χ0n) is 15.8. The van der Waals surface area contributed by atoms with Crippen molar-refractivity contribution in [3.63, 3.8) is 0 Å². The number of aryl methyl sites for hydroxylation is 2. The van der Waals surface area contributed by atoms with E-state index in [0.29, 0.717) is 5.95 Å². The molecule has 3 heterocycles. The molecule has 8 heteroatoms. The number of benzene rings is 1. The molecule has 0 bridgehead atoms. The van der Waals surface area contributed by atoms with E-state index in [1.54, 1.807) is 10.9 Å². The number of nitrogens with zero attached hydrogens (tertiary/aromatic N) is 5. The number of anilines is 3. The van der Waals surface area contributed by atoms with Gasteiger partial charge in [-0.25, -0.2) is 0 Å². The Bertz CT molecular complexity index is 918. The molecule has 1 aliphatic rings. The van der Waals surface area contributed by atoms with Crippen LogP contribution in [0.1, 0.15) is 5.56 Å². The van der Waals surface area contributed by atoms with Gasteiger partial charge in [-0.05, 0) is 24.6 Å². The molecule has 142 valence electrons. The maximum atomic E-state index is 5.39.